The van der Waals surface area contributed by atoms with E-state index < -0.39 is 43.2 Å². The van der Waals surface area contributed by atoms with Crippen LogP contribution in [0.1, 0.15) is 23.5 Å². The van der Waals surface area contributed by atoms with Crippen molar-refractivity contribution in [2.24, 2.45) is 0 Å². The van der Waals surface area contributed by atoms with Crippen LogP contribution in [-0.4, -0.2) is 109 Å². The van der Waals surface area contributed by atoms with Gasteiger partial charge in [-0.25, -0.2) is 19.7 Å². The van der Waals surface area contributed by atoms with Crippen molar-refractivity contribution in [1.29, 1.82) is 0 Å². The van der Waals surface area contributed by atoms with Crippen LogP contribution in [0.15, 0.2) is 35.7 Å². The Morgan fingerprint density at radius 2 is 1.97 bits per heavy atom. The van der Waals surface area contributed by atoms with E-state index >= 15 is 0 Å². The van der Waals surface area contributed by atoms with Gasteiger partial charge in [0.2, 0.25) is 0 Å². The standard InChI is InChI=1S/C24H31N5O9S/c1-2-35-7-8-36-23(34)13-3-5-15(6-4-13)37-10-14(31)11-39-24-28-17-20(25)26-12-27-21(17)29(24)22-19(33)18(32)16(9-30)38-22/h3-6,12,14,16,18-19,22,30-33H,2,7-11H2,1H3,(H2,25,26,27)/t14?,16-,18-,19-,22-/m1/s1. The number of aliphatic hydroxyl groups is 4. The van der Waals surface area contributed by atoms with Crippen molar-refractivity contribution in [1.82, 2.24) is 19.5 Å². The van der Waals surface area contributed by atoms with Gasteiger partial charge in [-0.15, -0.1) is 0 Å². The van der Waals surface area contributed by atoms with E-state index in [1.54, 1.807) is 24.3 Å². The summed E-state index contributed by atoms with van der Waals surface area (Å²) in [6, 6.07) is 6.33. The number of aliphatic hydroxyl groups excluding tert-OH is 4. The number of hydrogen-bond donors (Lipinski definition) is 5. The van der Waals surface area contributed by atoms with Crippen molar-refractivity contribution in [3.63, 3.8) is 0 Å². The average Bonchev–Trinajstić information content (AvgIpc) is 3.45. The molecule has 0 saturated carbocycles. The molecule has 1 fully saturated rings. The van der Waals surface area contributed by atoms with Crippen LogP contribution >= 0.6 is 11.8 Å². The SMILES string of the molecule is CCOCCOC(=O)c1ccc(OCC(O)CSc2nc3c(N)ncnc3n2[C@@H]2O[C@H](CO)[C@@H](O)[C@H]2O)cc1. The molecule has 1 aromatic carbocycles. The summed E-state index contributed by atoms with van der Waals surface area (Å²) in [6.45, 7) is 2.35. The zero-order chi connectivity index (χ0) is 27.9. The number of rotatable bonds is 13. The second kappa shape index (κ2) is 13.3. The van der Waals surface area contributed by atoms with Crippen molar-refractivity contribution < 1.29 is 44.2 Å². The maximum atomic E-state index is 12.1. The first-order valence-corrected chi connectivity index (χ1v) is 13.2. The molecule has 39 heavy (non-hydrogen) atoms. The van der Waals surface area contributed by atoms with Gasteiger partial charge in [0.05, 0.1) is 24.9 Å². The van der Waals surface area contributed by atoms with E-state index in [4.69, 9.17) is 24.7 Å². The molecule has 1 saturated heterocycles. The van der Waals surface area contributed by atoms with E-state index in [0.29, 0.717) is 29.7 Å². The lowest BCUT2D eigenvalue weighted by Crippen LogP contribution is -2.33. The quantitative estimate of drug-likeness (QED) is 0.103. The molecule has 14 nitrogen and oxygen atoms in total. The van der Waals surface area contributed by atoms with Gasteiger partial charge in [0, 0.05) is 12.4 Å². The minimum Gasteiger partial charge on any atom is -0.491 e. The molecule has 3 heterocycles. The number of nitrogen functional groups attached to an aromatic ring is 1. The lowest BCUT2D eigenvalue weighted by atomic mass is 10.1. The largest absolute Gasteiger partial charge is 0.491 e. The van der Waals surface area contributed by atoms with Crippen LogP contribution in [-0.2, 0) is 14.2 Å². The third-order valence-corrected chi connectivity index (χ3v) is 6.94. The minimum absolute atomic E-state index is 0.0544. The lowest BCUT2D eigenvalue weighted by molar-refractivity contribution is -0.0548. The highest BCUT2D eigenvalue weighted by Gasteiger charge is 2.45. The molecule has 4 rings (SSSR count). The van der Waals surface area contributed by atoms with Crippen LogP contribution in [0.4, 0.5) is 5.82 Å². The molecular formula is C24H31N5O9S. The number of nitrogens with zero attached hydrogens (tertiary/aromatic N) is 4. The first-order chi connectivity index (χ1) is 18.8. The highest BCUT2D eigenvalue weighted by molar-refractivity contribution is 7.99. The summed E-state index contributed by atoms with van der Waals surface area (Å²) in [7, 11) is 0. The second-order valence-electron chi connectivity index (χ2n) is 8.56. The van der Waals surface area contributed by atoms with Gasteiger partial charge in [-0.3, -0.25) is 4.57 Å². The smallest absolute Gasteiger partial charge is 0.338 e. The van der Waals surface area contributed by atoms with E-state index in [9.17, 15) is 25.2 Å². The Balaban J connectivity index is 1.37. The predicted molar refractivity (Wildman–Crippen MR) is 138 cm³/mol. The summed E-state index contributed by atoms with van der Waals surface area (Å²) in [5, 5.41) is 41.1. The normalized spacial score (nSPS) is 21.8. The summed E-state index contributed by atoms with van der Waals surface area (Å²) in [4.78, 5) is 24.6. The van der Waals surface area contributed by atoms with E-state index in [1.165, 1.54) is 10.9 Å². The highest BCUT2D eigenvalue weighted by atomic mass is 32.2. The Morgan fingerprint density at radius 1 is 1.21 bits per heavy atom. The maximum Gasteiger partial charge on any atom is 0.338 e. The van der Waals surface area contributed by atoms with Gasteiger partial charge < -0.3 is 45.1 Å². The fraction of sp³-hybridized carbons (Fsp3) is 0.500. The number of imidazole rings is 1. The van der Waals surface area contributed by atoms with Gasteiger partial charge in [0.1, 0.15) is 43.6 Å². The topological polar surface area (TPSA) is 205 Å². The molecule has 15 heteroatoms. The summed E-state index contributed by atoms with van der Waals surface area (Å²) in [6.07, 6.45) is -4.48. The van der Waals surface area contributed by atoms with Crippen molar-refractivity contribution >= 4 is 34.7 Å². The van der Waals surface area contributed by atoms with Crippen LogP contribution in [0.2, 0.25) is 0 Å². The molecule has 1 aliphatic rings. The number of anilines is 1. The average molecular weight is 566 g/mol. The lowest BCUT2D eigenvalue weighted by Gasteiger charge is -2.19. The fourth-order valence-corrected chi connectivity index (χ4v) is 4.77. The Labute approximate surface area is 227 Å². The molecule has 3 aromatic rings. The Hall–Kier alpha value is -3.05. The number of carbonyl (C=O) groups excluding carboxylic acids is 1. The number of fused-ring (bicyclic) bond motifs is 1. The second-order valence-corrected chi connectivity index (χ2v) is 9.54. The zero-order valence-electron chi connectivity index (χ0n) is 21.1. The molecule has 0 bridgehead atoms. The van der Waals surface area contributed by atoms with Crippen LogP contribution in [0.5, 0.6) is 5.75 Å². The number of benzene rings is 1. The number of thioether (sulfide) groups is 1. The molecule has 1 unspecified atom stereocenters. The van der Waals surface area contributed by atoms with Crippen molar-refractivity contribution in [3.05, 3.63) is 36.2 Å². The molecule has 1 aliphatic heterocycles. The molecule has 0 radical (unpaired) electrons. The van der Waals surface area contributed by atoms with Crippen LogP contribution in [0.3, 0.4) is 0 Å². The van der Waals surface area contributed by atoms with Gasteiger partial charge in [-0.2, -0.15) is 0 Å². The van der Waals surface area contributed by atoms with E-state index in [0.717, 1.165) is 11.8 Å². The van der Waals surface area contributed by atoms with Crippen molar-refractivity contribution in [2.75, 3.05) is 44.5 Å². The van der Waals surface area contributed by atoms with E-state index in [-0.39, 0.29) is 35.9 Å². The van der Waals surface area contributed by atoms with Gasteiger partial charge in [0.25, 0.3) is 0 Å². The molecular weight excluding hydrogens is 534 g/mol. The molecule has 0 aliphatic carbocycles. The molecule has 5 atom stereocenters. The van der Waals surface area contributed by atoms with Gasteiger partial charge >= 0.3 is 5.97 Å². The van der Waals surface area contributed by atoms with Crippen molar-refractivity contribution in [2.45, 2.75) is 42.7 Å². The third-order valence-electron chi connectivity index (χ3n) is 5.85. The maximum absolute atomic E-state index is 12.1. The first-order valence-electron chi connectivity index (χ1n) is 12.2. The first kappa shape index (κ1) is 28.9. The molecule has 2 aromatic heterocycles. The van der Waals surface area contributed by atoms with Crippen LogP contribution < -0.4 is 10.5 Å². The predicted octanol–water partition coefficient (Wildman–Crippen LogP) is -0.255. The Bertz CT molecular complexity index is 1240. The number of nitrogens with two attached hydrogens (primary N) is 1. The fourth-order valence-electron chi connectivity index (χ4n) is 3.85. The minimum atomic E-state index is -1.37. The monoisotopic (exact) mass is 565 g/mol. The zero-order valence-corrected chi connectivity index (χ0v) is 21.9. The Morgan fingerprint density at radius 3 is 2.67 bits per heavy atom. The van der Waals surface area contributed by atoms with Gasteiger partial charge in [-0.05, 0) is 31.2 Å². The number of hydrogen-bond acceptors (Lipinski definition) is 14. The van der Waals surface area contributed by atoms with Crippen molar-refractivity contribution in [3.8, 4) is 5.75 Å². The van der Waals surface area contributed by atoms with Gasteiger partial charge in [0.15, 0.2) is 28.4 Å². The highest BCUT2D eigenvalue weighted by Crippen LogP contribution is 2.36. The van der Waals surface area contributed by atoms with Gasteiger partial charge in [-0.1, -0.05) is 11.8 Å². The summed E-state index contributed by atoms with van der Waals surface area (Å²) in [5.74, 6) is 0.222. The number of carbonyl (C=O) groups is 1. The molecule has 212 valence electrons. The summed E-state index contributed by atoms with van der Waals surface area (Å²) < 4.78 is 23.0. The molecule has 0 amide bonds. The molecule has 0 spiro atoms. The van der Waals surface area contributed by atoms with E-state index in [1.807, 2.05) is 6.92 Å². The molecule has 6 N–H and O–H groups in total. The summed E-state index contributed by atoms with van der Waals surface area (Å²) in [5.41, 5.74) is 6.84. The number of esters is 1. The van der Waals surface area contributed by atoms with Crippen LogP contribution in [0, 0.1) is 0 Å². The number of ether oxygens (including phenoxy) is 4. The Kier molecular flexibility index (Phi) is 9.90. The third kappa shape index (κ3) is 6.75. The van der Waals surface area contributed by atoms with E-state index in [2.05, 4.69) is 15.0 Å². The summed E-state index contributed by atoms with van der Waals surface area (Å²) >= 11 is 1.13. The van der Waals surface area contributed by atoms with Crippen LogP contribution in [0.25, 0.3) is 11.2 Å². The number of aromatic nitrogens is 4.